The van der Waals surface area contributed by atoms with E-state index in [4.69, 9.17) is 12.2 Å². The van der Waals surface area contributed by atoms with Crippen LogP contribution in [0, 0.1) is 0 Å². The lowest BCUT2D eigenvalue weighted by Crippen LogP contribution is -2.43. The third-order valence-electron chi connectivity index (χ3n) is 2.61. The summed E-state index contributed by atoms with van der Waals surface area (Å²) in [5.41, 5.74) is -0.541. The van der Waals surface area contributed by atoms with E-state index in [0.29, 0.717) is 16.5 Å². The Hall–Kier alpha value is -1.93. The molecule has 2 aromatic rings. The summed E-state index contributed by atoms with van der Waals surface area (Å²) in [5, 5.41) is 8.10. The van der Waals surface area contributed by atoms with Gasteiger partial charge in [0.25, 0.3) is 5.56 Å². The second-order valence-corrected chi connectivity index (χ2v) is 5.13. The van der Waals surface area contributed by atoms with E-state index in [1.807, 2.05) is 17.5 Å². The molecule has 0 spiro atoms. The van der Waals surface area contributed by atoms with Gasteiger partial charge >= 0.3 is 5.69 Å². The maximum Gasteiger partial charge on any atom is 0.327 e. The van der Waals surface area contributed by atoms with Crippen molar-refractivity contribution in [2.24, 2.45) is 0 Å². The summed E-state index contributed by atoms with van der Waals surface area (Å²) in [5.74, 6) is 0.353. The van der Waals surface area contributed by atoms with Gasteiger partial charge in [-0.25, -0.2) is 4.79 Å². The minimum Gasteiger partial charge on any atom is -0.350 e. The Morgan fingerprint density at radius 3 is 2.83 bits per heavy atom. The minimum absolute atomic E-state index is 0.339. The zero-order valence-electron chi connectivity index (χ0n) is 8.94. The molecule has 3 heterocycles. The highest BCUT2D eigenvalue weighted by molar-refractivity contribution is 7.80. The average molecular weight is 280 g/mol. The van der Waals surface area contributed by atoms with Crippen LogP contribution in [0.3, 0.4) is 0 Å². The van der Waals surface area contributed by atoms with Crippen molar-refractivity contribution in [2.75, 3.05) is 5.32 Å². The molecule has 1 aliphatic rings. The predicted octanol–water partition coefficient (Wildman–Crippen LogP) is 0.514. The van der Waals surface area contributed by atoms with Gasteiger partial charge in [-0.05, 0) is 23.7 Å². The van der Waals surface area contributed by atoms with Crippen molar-refractivity contribution in [3.05, 3.63) is 48.8 Å². The highest BCUT2D eigenvalue weighted by Crippen LogP contribution is 2.29. The molecule has 0 fully saturated rings. The number of aromatic nitrogens is 2. The van der Waals surface area contributed by atoms with E-state index >= 15 is 0 Å². The van der Waals surface area contributed by atoms with E-state index in [-0.39, 0.29) is 6.04 Å². The number of thiocarbonyl (C=S) groups is 1. The zero-order chi connectivity index (χ0) is 12.7. The third kappa shape index (κ3) is 1.75. The third-order valence-corrected chi connectivity index (χ3v) is 3.77. The number of H-pyrrole nitrogens is 2. The van der Waals surface area contributed by atoms with Gasteiger partial charge in [0, 0.05) is 4.88 Å². The Labute approximate surface area is 110 Å². The maximum absolute atomic E-state index is 11.9. The van der Waals surface area contributed by atoms with Crippen molar-refractivity contribution < 1.29 is 0 Å². The molecule has 4 N–H and O–H groups in total. The normalized spacial score (nSPS) is 17.8. The highest BCUT2D eigenvalue weighted by atomic mass is 32.1. The summed E-state index contributed by atoms with van der Waals surface area (Å²) in [6, 6.07) is 3.46. The number of nitrogens with one attached hydrogen (secondary N) is 4. The lowest BCUT2D eigenvalue weighted by molar-refractivity contribution is 0.744. The summed E-state index contributed by atoms with van der Waals surface area (Å²) < 4.78 is 0. The molecule has 18 heavy (non-hydrogen) atoms. The number of hydrogen-bond donors (Lipinski definition) is 4. The molecule has 0 amide bonds. The molecular formula is C10H8N4O2S2. The highest BCUT2D eigenvalue weighted by Gasteiger charge is 2.28. The summed E-state index contributed by atoms with van der Waals surface area (Å²) in [6.45, 7) is 0. The second-order valence-electron chi connectivity index (χ2n) is 3.74. The van der Waals surface area contributed by atoms with Crippen LogP contribution in [0.2, 0.25) is 0 Å². The first-order valence-electron chi connectivity index (χ1n) is 5.12. The van der Waals surface area contributed by atoms with Crippen LogP contribution in [0.1, 0.15) is 16.5 Å². The van der Waals surface area contributed by atoms with Crippen molar-refractivity contribution in [1.82, 2.24) is 15.3 Å². The van der Waals surface area contributed by atoms with Crippen LogP contribution >= 0.6 is 23.6 Å². The van der Waals surface area contributed by atoms with E-state index in [1.54, 1.807) is 0 Å². The topological polar surface area (TPSA) is 89.8 Å². The van der Waals surface area contributed by atoms with Gasteiger partial charge in [0.1, 0.15) is 5.82 Å². The number of thiophene rings is 1. The van der Waals surface area contributed by atoms with Gasteiger partial charge in [0.15, 0.2) is 5.11 Å². The number of rotatable bonds is 1. The van der Waals surface area contributed by atoms with Crippen molar-refractivity contribution in [1.29, 1.82) is 0 Å². The standard InChI is InChI=1S/C10H8N4O2S2/c15-8-5-6(4-2-1-3-18-4)11-10(17)13-7(5)12-9(16)14-8/h1-3,6H,(H4,11,12,13,14,15,16,17). The van der Waals surface area contributed by atoms with Crippen LogP contribution in [0.5, 0.6) is 0 Å². The molecule has 92 valence electrons. The van der Waals surface area contributed by atoms with Gasteiger partial charge in [0.2, 0.25) is 0 Å². The van der Waals surface area contributed by atoms with Crippen molar-refractivity contribution in [3.63, 3.8) is 0 Å². The largest absolute Gasteiger partial charge is 0.350 e. The molecule has 8 heteroatoms. The first kappa shape index (κ1) is 11.2. The van der Waals surface area contributed by atoms with Gasteiger partial charge in [-0.15, -0.1) is 11.3 Å². The lowest BCUT2D eigenvalue weighted by atomic mass is 10.1. The minimum atomic E-state index is -0.555. The summed E-state index contributed by atoms with van der Waals surface area (Å²) in [4.78, 5) is 28.9. The molecule has 0 aromatic carbocycles. The van der Waals surface area contributed by atoms with E-state index in [0.717, 1.165) is 4.88 Å². The van der Waals surface area contributed by atoms with Gasteiger partial charge in [-0.2, -0.15) is 0 Å². The van der Waals surface area contributed by atoms with Gasteiger partial charge in [-0.1, -0.05) is 6.07 Å². The average Bonchev–Trinajstić information content (AvgIpc) is 2.79. The number of anilines is 1. The monoisotopic (exact) mass is 280 g/mol. The molecule has 1 aliphatic heterocycles. The van der Waals surface area contributed by atoms with E-state index < -0.39 is 11.2 Å². The number of fused-ring (bicyclic) bond motifs is 1. The number of aromatic amines is 2. The Morgan fingerprint density at radius 1 is 1.28 bits per heavy atom. The summed E-state index contributed by atoms with van der Waals surface area (Å²) >= 11 is 6.58. The Balaban J connectivity index is 2.24. The zero-order valence-corrected chi connectivity index (χ0v) is 10.6. The fraction of sp³-hybridized carbons (Fsp3) is 0.100. The number of hydrogen-bond acceptors (Lipinski definition) is 4. The molecule has 0 radical (unpaired) electrons. The Kier molecular flexibility index (Phi) is 2.53. The predicted molar refractivity (Wildman–Crippen MR) is 73.2 cm³/mol. The van der Waals surface area contributed by atoms with Crippen LogP contribution in [0.4, 0.5) is 5.82 Å². The molecule has 0 aliphatic carbocycles. The van der Waals surface area contributed by atoms with Gasteiger partial charge in [-0.3, -0.25) is 14.8 Å². The van der Waals surface area contributed by atoms with Crippen LogP contribution in [-0.2, 0) is 0 Å². The van der Waals surface area contributed by atoms with Crippen molar-refractivity contribution >= 4 is 34.5 Å². The molecule has 3 rings (SSSR count). The van der Waals surface area contributed by atoms with Gasteiger partial charge < -0.3 is 10.6 Å². The fourth-order valence-electron chi connectivity index (χ4n) is 1.89. The molecule has 6 nitrogen and oxygen atoms in total. The molecule has 1 unspecified atom stereocenters. The van der Waals surface area contributed by atoms with Crippen LogP contribution in [0.25, 0.3) is 0 Å². The fourth-order valence-corrected chi connectivity index (χ4v) is 2.90. The molecule has 1 atom stereocenters. The molecule has 0 saturated heterocycles. The Bertz CT molecular complexity index is 716. The Morgan fingerprint density at radius 2 is 2.11 bits per heavy atom. The lowest BCUT2D eigenvalue weighted by Gasteiger charge is -2.26. The molecule has 0 bridgehead atoms. The second kappa shape index (κ2) is 4.07. The smallest absolute Gasteiger partial charge is 0.327 e. The quantitative estimate of drug-likeness (QED) is 0.572. The summed E-state index contributed by atoms with van der Waals surface area (Å²) in [6.07, 6.45) is 0. The van der Waals surface area contributed by atoms with Crippen LogP contribution < -0.4 is 21.9 Å². The molecular weight excluding hydrogens is 272 g/mol. The maximum atomic E-state index is 11.9. The summed E-state index contributed by atoms with van der Waals surface area (Å²) in [7, 11) is 0. The van der Waals surface area contributed by atoms with Crippen LogP contribution in [-0.4, -0.2) is 15.1 Å². The molecule has 0 saturated carbocycles. The van der Waals surface area contributed by atoms with E-state index in [2.05, 4.69) is 20.6 Å². The molecule has 2 aromatic heterocycles. The van der Waals surface area contributed by atoms with Gasteiger partial charge in [0.05, 0.1) is 11.6 Å². The van der Waals surface area contributed by atoms with Crippen molar-refractivity contribution in [3.8, 4) is 0 Å². The van der Waals surface area contributed by atoms with E-state index in [1.165, 1.54) is 11.3 Å². The van der Waals surface area contributed by atoms with E-state index in [9.17, 15) is 9.59 Å². The first-order valence-corrected chi connectivity index (χ1v) is 6.41. The van der Waals surface area contributed by atoms with Crippen molar-refractivity contribution in [2.45, 2.75) is 6.04 Å². The SMILES string of the molecule is O=c1[nH]c2c(c(=O)[nH]1)C(c1cccs1)NC(=S)N2. The van der Waals surface area contributed by atoms with Crippen LogP contribution in [0.15, 0.2) is 27.1 Å². The first-order chi connectivity index (χ1) is 8.65.